The van der Waals surface area contributed by atoms with Gasteiger partial charge in [0.25, 0.3) is 0 Å². The minimum Gasteiger partial charge on any atom is -0.394 e. The molecule has 4 saturated heterocycles. The summed E-state index contributed by atoms with van der Waals surface area (Å²) in [6.45, 7) is 5.50. The van der Waals surface area contributed by atoms with Gasteiger partial charge in [0, 0.05) is 122 Å². The molecule has 21 atom stereocenters. The summed E-state index contributed by atoms with van der Waals surface area (Å²) in [6, 6.07) is 0. The van der Waals surface area contributed by atoms with Crippen LogP contribution in [0.25, 0.3) is 0 Å². The number of methoxy groups -OCH3 is 1. The fourth-order valence-corrected chi connectivity index (χ4v) is 15.6. The molecule has 0 aromatic rings. The van der Waals surface area contributed by atoms with E-state index in [1.54, 1.807) is 42.2 Å². The first kappa shape index (κ1) is 91.5. The van der Waals surface area contributed by atoms with Crippen LogP contribution >= 0.6 is 140 Å². The number of alkyl halides is 8. The zero-order chi connectivity index (χ0) is 71.6. The normalized spacial score (nSPS) is 31.7. The van der Waals surface area contributed by atoms with Crippen molar-refractivity contribution in [2.75, 3.05) is 166 Å². The average Bonchev–Trinajstić information content (AvgIpc) is 0.810. The van der Waals surface area contributed by atoms with Gasteiger partial charge in [-0.15, -0.1) is 105 Å². The molecule has 11 unspecified atom stereocenters. The third-order valence-electron chi connectivity index (χ3n) is 15.8. The highest BCUT2D eigenvalue weighted by atomic mass is 35.5. The van der Waals surface area contributed by atoms with Gasteiger partial charge in [0.2, 0.25) is 5.91 Å². The molecule has 16 N–H and O–H groups in total. The first-order chi connectivity index (χ1) is 46.3. The minimum atomic E-state index is -1.62. The summed E-state index contributed by atoms with van der Waals surface area (Å²) >= 11 is 54.7. The van der Waals surface area contributed by atoms with Crippen LogP contribution in [0.5, 0.6) is 0 Å². The summed E-state index contributed by atoms with van der Waals surface area (Å²) in [7, 11) is 1.35. The predicted molar refractivity (Wildman–Crippen MR) is 382 cm³/mol. The summed E-state index contributed by atoms with van der Waals surface area (Å²) in [6.07, 6.45) is -23.6. The van der Waals surface area contributed by atoms with Crippen LogP contribution in [0, 0.1) is 0 Å². The van der Waals surface area contributed by atoms with E-state index < -0.39 is 167 Å². The molecule has 4 rings (SSSR count). The van der Waals surface area contributed by atoms with Gasteiger partial charge in [-0.25, -0.2) is 0 Å². The Hall–Kier alpha value is 2.15. The molecule has 0 bridgehead atoms. The fourth-order valence-electron chi connectivity index (χ4n) is 10.7. The Labute approximate surface area is 626 Å². The summed E-state index contributed by atoms with van der Waals surface area (Å²) in [5.74, 6) is 4.01. The van der Waals surface area contributed by atoms with Crippen molar-refractivity contribution in [3.05, 3.63) is 0 Å². The van der Waals surface area contributed by atoms with Crippen LogP contribution in [-0.4, -0.2) is 385 Å². The summed E-state index contributed by atoms with van der Waals surface area (Å²) < 4.78 is 60.2. The van der Waals surface area contributed by atoms with E-state index in [0.717, 1.165) is 23.3 Å². The van der Waals surface area contributed by atoms with E-state index in [2.05, 4.69) is 10.6 Å². The Kier molecular flexibility index (Phi) is 48.6. The topological polar surface area (TPSA) is 397 Å². The van der Waals surface area contributed by atoms with Crippen molar-refractivity contribution in [3.63, 3.8) is 0 Å². The van der Waals surface area contributed by atoms with Crippen LogP contribution < -0.4 is 22.1 Å². The molecule has 0 aromatic heterocycles. The second-order valence-electron chi connectivity index (χ2n) is 23.4. The SMILES string of the molecule is CCC1O[C@@H](OCC2O[C@@H](OCC3O[C@@H](OC)C(OCCCSCCNC(=O)CN(CCN(CCN(CC(Cl)Cl)CC(Cl)Cl)CC(Cl)Cl)CC(Cl)Cl)[C@@H](O)[C@@H]3O)C(OCCCSCCN[C@H](N)CSC3OC(CO)C(O)C(O)C3O)[C@@H](O)[C@@H]2O)C(OCCCSCCN)[C@@H](O)[C@@H]1O. The van der Waals surface area contributed by atoms with Crippen molar-refractivity contribution in [1.29, 1.82) is 0 Å². The van der Waals surface area contributed by atoms with Crippen LogP contribution in [-0.2, 0) is 52.2 Å². The fraction of sp³-hybridized carbons (Fsp3) is 0.982. The number of thioether (sulfide) groups is 4. The standard InChI is InChI=1S/C57H105Cl8N7O21S4/c1-3-32-42(75)47(80)52(86-15-4-17-94-20-7-66)55(90-32)88-30-35-45(78)49(82)53(87-16-6-18-95-21-8-68-40(67)31-97-57-50(83)46(79)43(76)33(28-73)93-57)56(92-35)89-29-34-44(77)48(81)51(54(84-2)91-34)85-14-5-19-96-22-9-69-41(74)27-72(26-39(64)65)13-11-70(23-36(58)59)10-12-71(24-37(60)61)25-38(62)63/h32-40,42-57,68,73,75-83H,3-31,66-67H2,1-2H3,(H,69,74)/t32?,33?,34?,35?,40-,42+,43?,44+,45+,46?,47-,48-,49-,50?,51?,52?,53?,54+,55+,56+,57?/m0/s1. The molecule has 1 amide bonds. The van der Waals surface area contributed by atoms with Gasteiger partial charge < -0.3 is 121 Å². The highest BCUT2D eigenvalue weighted by Crippen LogP contribution is 2.33. The first-order valence-corrected chi connectivity index (χ1v) is 40.4. The zero-order valence-electron chi connectivity index (χ0n) is 54.6. The number of nitrogens with one attached hydrogen (secondary N) is 2. The molecule has 574 valence electrons. The quantitative estimate of drug-likeness (QED) is 0.0208. The molecule has 0 aromatic carbocycles. The second kappa shape index (κ2) is 51.5. The Morgan fingerprint density at radius 3 is 1.42 bits per heavy atom. The molecule has 0 spiro atoms. The monoisotopic (exact) mass is 1630 g/mol. The number of ether oxygens (including phenoxy) is 10. The lowest BCUT2D eigenvalue weighted by Crippen LogP contribution is -2.63. The van der Waals surface area contributed by atoms with Gasteiger partial charge in [0.1, 0.15) is 116 Å². The first-order valence-electron chi connectivity index (χ1n) is 32.4. The van der Waals surface area contributed by atoms with E-state index in [0.29, 0.717) is 114 Å². The summed E-state index contributed by atoms with van der Waals surface area (Å²) in [4.78, 5) is 16.2. The van der Waals surface area contributed by atoms with Crippen molar-refractivity contribution < 1.29 is 103 Å². The maximum absolute atomic E-state index is 13.1. The largest absolute Gasteiger partial charge is 0.394 e. The maximum Gasteiger partial charge on any atom is 0.234 e. The average molecular weight is 1640 g/mol. The third-order valence-corrected chi connectivity index (χ3v) is 21.5. The number of amides is 1. The van der Waals surface area contributed by atoms with Crippen molar-refractivity contribution in [2.24, 2.45) is 11.5 Å². The van der Waals surface area contributed by atoms with Crippen LogP contribution in [0.1, 0.15) is 32.6 Å². The van der Waals surface area contributed by atoms with Gasteiger partial charge in [0.15, 0.2) is 18.9 Å². The van der Waals surface area contributed by atoms with Crippen LogP contribution in [0.4, 0.5) is 0 Å². The number of nitrogens with zero attached hydrogens (tertiary/aromatic N) is 3. The minimum absolute atomic E-state index is 0.0346. The van der Waals surface area contributed by atoms with E-state index in [4.69, 9.17) is 152 Å². The molecule has 4 aliphatic heterocycles. The molecule has 4 heterocycles. The van der Waals surface area contributed by atoms with Gasteiger partial charge >= 0.3 is 0 Å². The third kappa shape index (κ3) is 34.1. The molecule has 4 aliphatic rings. The van der Waals surface area contributed by atoms with E-state index in [1.165, 1.54) is 7.11 Å². The van der Waals surface area contributed by atoms with Crippen molar-refractivity contribution in [1.82, 2.24) is 25.3 Å². The van der Waals surface area contributed by atoms with Crippen LogP contribution in [0.2, 0.25) is 0 Å². The number of aliphatic hydroxyl groups is 10. The molecular formula is C57H105Cl8N7O21S4. The molecule has 28 nitrogen and oxygen atoms in total. The molecule has 0 radical (unpaired) electrons. The molecule has 4 fully saturated rings. The van der Waals surface area contributed by atoms with E-state index >= 15 is 0 Å². The number of aliphatic hydroxyl groups excluding tert-OH is 10. The Morgan fingerprint density at radius 1 is 0.515 bits per heavy atom. The van der Waals surface area contributed by atoms with Gasteiger partial charge in [-0.2, -0.15) is 35.3 Å². The lowest BCUT2D eigenvalue weighted by Gasteiger charge is -2.45. The molecule has 0 saturated carbocycles. The van der Waals surface area contributed by atoms with Crippen molar-refractivity contribution in [2.45, 2.75) is 180 Å². The highest BCUT2D eigenvalue weighted by molar-refractivity contribution is 8.00. The maximum atomic E-state index is 13.1. The van der Waals surface area contributed by atoms with Crippen LogP contribution in [0.3, 0.4) is 0 Å². The lowest BCUT2D eigenvalue weighted by molar-refractivity contribution is -0.347. The van der Waals surface area contributed by atoms with Gasteiger partial charge in [-0.3, -0.25) is 19.5 Å². The number of carbonyl (C=O) groups is 1. The molecule has 97 heavy (non-hydrogen) atoms. The number of halogens is 8. The number of nitrogens with two attached hydrogens (primary N) is 2. The van der Waals surface area contributed by atoms with Gasteiger partial charge in [-0.1, -0.05) is 6.92 Å². The zero-order valence-corrected chi connectivity index (χ0v) is 63.9. The number of carbonyl (C=O) groups excluding carboxylic acids is 1. The van der Waals surface area contributed by atoms with Crippen molar-refractivity contribution in [3.8, 4) is 0 Å². The van der Waals surface area contributed by atoms with E-state index in [1.807, 2.05) is 14.7 Å². The molecule has 0 aliphatic carbocycles. The Bertz CT molecular complexity index is 2050. The van der Waals surface area contributed by atoms with E-state index in [9.17, 15) is 55.9 Å². The summed E-state index contributed by atoms with van der Waals surface area (Å²) in [5.41, 5.74) is 10.9. The van der Waals surface area contributed by atoms with Crippen molar-refractivity contribution >= 4 is 146 Å². The summed E-state index contributed by atoms with van der Waals surface area (Å²) in [5, 5.41) is 114. The predicted octanol–water partition coefficient (Wildman–Crippen LogP) is -0.455. The molecular weight excluding hydrogens is 1530 g/mol. The Morgan fingerprint density at radius 2 is 0.938 bits per heavy atom. The van der Waals surface area contributed by atoms with Gasteiger partial charge in [-0.05, 0) is 42.9 Å². The Balaban J connectivity index is 1.29. The number of rotatable bonds is 52. The van der Waals surface area contributed by atoms with E-state index in [-0.39, 0.29) is 44.6 Å². The smallest absolute Gasteiger partial charge is 0.234 e. The van der Waals surface area contributed by atoms with Gasteiger partial charge in [0.05, 0.1) is 38.6 Å². The lowest BCUT2D eigenvalue weighted by atomic mass is 9.96. The molecule has 40 heteroatoms. The number of hydrogen-bond donors (Lipinski definition) is 14. The highest BCUT2D eigenvalue weighted by Gasteiger charge is 2.51. The van der Waals surface area contributed by atoms with Crippen LogP contribution in [0.15, 0.2) is 0 Å². The number of hydrogen-bond acceptors (Lipinski definition) is 31. The second-order valence-corrected chi connectivity index (χ2v) is 33.3.